The molecule has 1 atom stereocenters. The van der Waals surface area contributed by atoms with Crippen molar-refractivity contribution in [1.82, 2.24) is 10.2 Å². The maximum atomic E-state index is 11.7. The summed E-state index contributed by atoms with van der Waals surface area (Å²) in [5, 5.41) is 2.86. The Kier molecular flexibility index (Phi) is 4.66. The van der Waals surface area contributed by atoms with Crippen molar-refractivity contribution >= 4 is 6.03 Å². The molecule has 0 radical (unpaired) electrons. The second kappa shape index (κ2) is 6.45. The summed E-state index contributed by atoms with van der Waals surface area (Å²) in [5.74, 6) is 1.45. The first-order chi connectivity index (χ1) is 9.22. The topological polar surface area (TPSA) is 41.6 Å². The fraction of sp³-hybridized carbons (Fsp3) is 0.533. The van der Waals surface area contributed by atoms with E-state index in [-0.39, 0.29) is 7.46 Å². The van der Waals surface area contributed by atoms with E-state index in [1.807, 2.05) is 24.0 Å². The number of methoxy groups -OCH3 is 1. The van der Waals surface area contributed by atoms with Gasteiger partial charge in [0, 0.05) is 21.1 Å². The van der Waals surface area contributed by atoms with E-state index in [9.17, 15) is 4.79 Å². The highest BCUT2D eigenvalue weighted by molar-refractivity contribution is 5.74. The van der Waals surface area contributed by atoms with Gasteiger partial charge in [-0.05, 0) is 43.4 Å². The minimum atomic E-state index is 0. The van der Waals surface area contributed by atoms with Gasteiger partial charge in [-0.1, -0.05) is 12.1 Å². The van der Waals surface area contributed by atoms with Gasteiger partial charge >= 0.3 is 6.03 Å². The van der Waals surface area contributed by atoms with Crippen molar-refractivity contribution in [3.05, 3.63) is 29.8 Å². The lowest BCUT2D eigenvalue weighted by molar-refractivity contribution is 0.207. The van der Waals surface area contributed by atoms with E-state index in [0.29, 0.717) is 12.5 Å². The zero-order valence-corrected chi connectivity index (χ0v) is 11.7. The largest absolute Gasteiger partial charge is 0.497 e. The zero-order valence-electron chi connectivity index (χ0n) is 11.7. The van der Waals surface area contributed by atoms with E-state index in [4.69, 9.17) is 4.74 Å². The van der Waals surface area contributed by atoms with E-state index >= 15 is 0 Å². The molecule has 0 saturated carbocycles. The molecule has 106 valence electrons. The maximum Gasteiger partial charge on any atom is 0.317 e. The molecule has 1 aromatic carbocycles. The number of likely N-dealkylation sites (tertiary alicyclic amines) is 1. The number of rotatable bonds is 4. The van der Waals surface area contributed by atoms with Crippen molar-refractivity contribution < 1.29 is 11.0 Å². The van der Waals surface area contributed by atoms with Crippen molar-refractivity contribution in [3.63, 3.8) is 0 Å². The molecule has 1 fully saturated rings. The molecule has 1 aliphatic heterocycles. The van der Waals surface area contributed by atoms with Gasteiger partial charge in [0.25, 0.3) is 0 Å². The molecule has 0 bridgehead atoms. The summed E-state index contributed by atoms with van der Waals surface area (Å²) in [5.41, 5.74) is 1.31. The number of nitrogens with one attached hydrogen (secondary N) is 1. The Balaban J connectivity index is 0.00000200. The highest BCUT2D eigenvalue weighted by Crippen LogP contribution is 2.22. The average molecular weight is 264 g/mol. The Bertz CT molecular complexity index is 422. The molecule has 19 heavy (non-hydrogen) atoms. The minimum Gasteiger partial charge on any atom is -0.497 e. The normalized spacial score (nSPS) is 18.4. The van der Waals surface area contributed by atoms with Gasteiger partial charge in [-0.3, -0.25) is 0 Å². The smallest absolute Gasteiger partial charge is 0.317 e. The minimum absolute atomic E-state index is 0. The number of amides is 2. The number of benzene rings is 1. The van der Waals surface area contributed by atoms with Gasteiger partial charge in [-0.25, -0.2) is 4.79 Å². The van der Waals surface area contributed by atoms with Gasteiger partial charge < -0.3 is 15.0 Å². The summed E-state index contributed by atoms with van der Waals surface area (Å²) in [4.78, 5) is 13.6. The van der Waals surface area contributed by atoms with Gasteiger partial charge in [0.2, 0.25) is 0 Å². The standard InChI is InChI=1S/C15H22N2O2.H2/c1-3-16-15(18)17-9-8-13(11-17)10-12-4-6-14(19-2)7-5-12;/h4-7,13H,3,8-11H2,1-2H3,(H,16,18);1H. The molecule has 4 heteroatoms. The SMILES string of the molecule is CCNC(=O)N1CCC(Cc2ccc(OC)cc2)C1.[HH]. The van der Waals surface area contributed by atoms with E-state index < -0.39 is 0 Å². The van der Waals surface area contributed by atoms with Gasteiger partial charge in [-0.2, -0.15) is 0 Å². The molecule has 1 aromatic rings. The molecule has 2 rings (SSSR count). The summed E-state index contributed by atoms with van der Waals surface area (Å²) >= 11 is 0. The summed E-state index contributed by atoms with van der Waals surface area (Å²) in [7, 11) is 1.68. The summed E-state index contributed by atoms with van der Waals surface area (Å²) < 4.78 is 5.15. The number of nitrogens with zero attached hydrogens (tertiary/aromatic N) is 1. The van der Waals surface area contributed by atoms with Crippen molar-refractivity contribution in [1.29, 1.82) is 0 Å². The van der Waals surface area contributed by atoms with Crippen LogP contribution in [0.2, 0.25) is 0 Å². The number of hydrogen-bond donors (Lipinski definition) is 1. The number of urea groups is 1. The number of carbonyl (C=O) groups is 1. The van der Waals surface area contributed by atoms with Gasteiger partial charge in [0.1, 0.15) is 5.75 Å². The fourth-order valence-electron chi connectivity index (χ4n) is 2.54. The maximum absolute atomic E-state index is 11.7. The number of carbonyl (C=O) groups excluding carboxylic acids is 1. The van der Waals surface area contributed by atoms with Crippen LogP contribution in [0.3, 0.4) is 0 Å². The monoisotopic (exact) mass is 264 g/mol. The van der Waals surface area contributed by atoms with E-state index in [1.54, 1.807) is 7.11 Å². The summed E-state index contributed by atoms with van der Waals surface area (Å²) in [6.45, 7) is 4.37. The number of hydrogen-bond acceptors (Lipinski definition) is 2. The second-order valence-corrected chi connectivity index (χ2v) is 4.99. The Morgan fingerprint density at radius 3 is 2.84 bits per heavy atom. The lowest BCUT2D eigenvalue weighted by Gasteiger charge is -2.16. The Morgan fingerprint density at radius 1 is 1.47 bits per heavy atom. The third-order valence-electron chi connectivity index (χ3n) is 3.58. The van der Waals surface area contributed by atoms with Crippen LogP contribution in [-0.4, -0.2) is 37.7 Å². The van der Waals surface area contributed by atoms with Crippen LogP contribution in [-0.2, 0) is 6.42 Å². The number of ether oxygens (including phenoxy) is 1. The van der Waals surface area contributed by atoms with E-state index in [0.717, 1.165) is 31.7 Å². The fourth-order valence-corrected chi connectivity index (χ4v) is 2.54. The van der Waals surface area contributed by atoms with Crippen LogP contribution >= 0.6 is 0 Å². The molecular formula is C15H24N2O2. The lowest BCUT2D eigenvalue weighted by atomic mass is 9.99. The Hall–Kier alpha value is -1.71. The summed E-state index contributed by atoms with van der Waals surface area (Å²) in [6, 6.07) is 8.26. The van der Waals surface area contributed by atoms with Gasteiger partial charge in [0.15, 0.2) is 0 Å². The first kappa shape index (κ1) is 13.7. The highest BCUT2D eigenvalue weighted by atomic mass is 16.5. The predicted octanol–water partition coefficient (Wildman–Crippen LogP) is 2.54. The quantitative estimate of drug-likeness (QED) is 0.908. The Morgan fingerprint density at radius 2 is 2.21 bits per heavy atom. The zero-order chi connectivity index (χ0) is 13.7. The first-order valence-electron chi connectivity index (χ1n) is 6.88. The molecule has 1 heterocycles. The van der Waals surface area contributed by atoms with Crippen molar-refractivity contribution in [2.24, 2.45) is 5.92 Å². The lowest BCUT2D eigenvalue weighted by Crippen LogP contribution is -2.38. The first-order valence-corrected chi connectivity index (χ1v) is 6.88. The molecule has 1 unspecified atom stereocenters. The van der Waals surface area contributed by atoms with Crippen molar-refractivity contribution in [2.75, 3.05) is 26.7 Å². The summed E-state index contributed by atoms with van der Waals surface area (Å²) in [6.07, 6.45) is 2.11. The molecular weight excluding hydrogens is 240 g/mol. The van der Waals surface area contributed by atoms with Crippen LogP contribution in [0.4, 0.5) is 4.79 Å². The van der Waals surface area contributed by atoms with Crippen LogP contribution in [0.15, 0.2) is 24.3 Å². The van der Waals surface area contributed by atoms with Gasteiger partial charge in [-0.15, -0.1) is 0 Å². The van der Waals surface area contributed by atoms with Crippen LogP contribution in [0.5, 0.6) is 5.75 Å². The third kappa shape index (κ3) is 3.63. The molecule has 1 N–H and O–H groups in total. The molecule has 0 aliphatic carbocycles. The van der Waals surface area contributed by atoms with Crippen LogP contribution in [0, 0.1) is 5.92 Å². The predicted molar refractivity (Wildman–Crippen MR) is 77.6 cm³/mol. The highest BCUT2D eigenvalue weighted by Gasteiger charge is 2.25. The Labute approximate surface area is 116 Å². The van der Waals surface area contributed by atoms with Crippen LogP contribution in [0.1, 0.15) is 20.3 Å². The molecule has 1 saturated heterocycles. The van der Waals surface area contributed by atoms with Crippen molar-refractivity contribution in [3.8, 4) is 5.75 Å². The second-order valence-electron chi connectivity index (χ2n) is 4.99. The average Bonchev–Trinajstić information content (AvgIpc) is 2.88. The van der Waals surface area contributed by atoms with E-state index in [1.165, 1.54) is 5.56 Å². The van der Waals surface area contributed by atoms with Gasteiger partial charge in [0.05, 0.1) is 7.11 Å². The van der Waals surface area contributed by atoms with Crippen LogP contribution < -0.4 is 10.1 Å². The molecule has 4 nitrogen and oxygen atoms in total. The molecule has 0 aromatic heterocycles. The molecule has 2 amide bonds. The van der Waals surface area contributed by atoms with E-state index in [2.05, 4.69) is 17.4 Å². The molecule has 0 spiro atoms. The van der Waals surface area contributed by atoms with Crippen LogP contribution in [0.25, 0.3) is 0 Å². The third-order valence-corrected chi connectivity index (χ3v) is 3.58. The van der Waals surface area contributed by atoms with Crippen molar-refractivity contribution in [2.45, 2.75) is 19.8 Å². The molecule has 1 aliphatic rings.